The van der Waals surface area contributed by atoms with Gasteiger partial charge in [0.25, 0.3) is 0 Å². The molecule has 6 heteroatoms. The molecule has 194 valence electrons. The fourth-order valence-corrected chi connectivity index (χ4v) is 9.84. The third-order valence-corrected chi connectivity index (χ3v) is 11.5. The normalized spacial score (nSPS) is 48.4. The molecule has 6 aliphatic rings. The lowest BCUT2D eigenvalue weighted by molar-refractivity contribution is -0.154. The first-order chi connectivity index (χ1) is 17.0. The van der Waals surface area contributed by atoms with E-state index in [0.29, 0.717) is 31.3 Å². The van der Waals surface area contributed by atoms with E-state index in [1.165, 1.54) is 5.57 Å². The first-order valence-corrected chi connectivity index (χ1v) is 13.8. The molecule has 4 bridgehead atoms. The molecule has 2 saturated carbocycles. The lowest BCUT2D eigenvalue weighted by Crippen LogP contribution is -2.55. The van der Waals surface area contributed by atoms with Gasteiger partial charge in [0.1, 0.15) is 23.4 Å². The molecule has 0 aromatic heterocycles. The van der Waals surface area contributed by atoms with Crippen molar-refractivity contribution in [2.45, 2.75) is 91.8 Å². The fraction of sp³-hybridized carbons (Fsp3) is 0.733. The maximum Gasteiger partial charge on any atom is 0.317 e. The molecule has 0 aromatic rings. The Bertz CT molecular complexity index is 1130. The minimum atomic E-state index is -0.963. The first kappa shape index (κ1) is 24.1. The molecule has 0 aromatic carbocycles. The van der Waals surface area contributed by atoms with Crippen LogP contribution in [0.1, 0.15) is 79.6 Å². The standard InChI is InChI=1S/C30H38O6/c1-15-10-24-21(9-8-19(15)7-6-17(3)31)29(27(34)36-24)13-20-12-22-25-11-16(2)30(20,14-23(29)18(4)32)28(22,5)26(33)35-25/h8,14-16,20-22,24-25H,6-7,9-13H2,1-5H3/t15-,16?,20-,21-,22+,24+,25?,28-,29-,30?/m0/s1. The van der Waals surface area contributed by atoms with E-state index in [1.807, 2.05) is 0 Å². The largest absolute Gasteiger partial charge is 0.462 e. The minimum absolute atomic E-state index is 0.0624. The monoisotopic (exact) mass is 494 g/mol. The molecule has 2 saturated heterocycles. The number of ether oxygens (including phenoxy) is 2. The quantitative estimate of drug-likeness (QED) is 0.414. The van der Waals surface area contributed by atoms with Crippen molar-refractivity contribution >= 4 is 23.5 Å². The number of ketones is 2. The third kappa shape index (κ3) is 2.74. The average Bonchev–Trinajstić information content (AvgIpc) is 3.17. The van der Waals surface area contributed by atoms with Crippen LogP contribution in [0, 0.1) is 45.8 Å². The molecule has 4 aliphatic carbocycles. The number of hydrogen-bond donors (Lipinski definition) is 0. The number of allylic oxidation sites excluding steroid dienone is 3. The summed E-state index contributed by atoms with van der Waals surface area (Å²) >= 11 is 0. The number of carbonyl (C=O) groups excluding carboxylic acids is 4. The van der Waals surface area contributed by atoms with E-state index < -0.39 is 16.2 Å². The summed E-state index contributed by atoms with van der Waals surface area (Å²) in [5.74, 6) is 0.266. The van der Waals surface area contributed by atoms with Gasteiger partial charge in [0, 0.05) is 29.2 Å². The number of rotatable bonds is 4. The number of esters is 2. The zero-order valence-corrected chi connectivity index (χ0v) is 22.1. The van der Waals surface area contributed by atoms with Gasteiger partial charge in [-0.1, -0.05) is 31.6 Å². The van der Waals surface area contributed by atoms with Crippen LogP contribution >= 0.6 is 0 Å². The highest BCUT2D eigenvalue weighted by Gasteiger charge is 2.79. The lowest BCUT2D eigenvalue weighted by atomic mass is 9.46. The topological polar surface area (TPSA) is 86.7 Å². The summed E-state index contributed by atoms with van der Waals surface area (Å²) in [6.07, 6.45) is 8.88. The maximum absolute atomic E-state index is 13.8. The molecule has 2 spiro atoms. The molecule has 0 radical (unpaired) electrons. The Morgan fingerprint density at radius 1 is 1.00 bits per heavy atom. The van der Waals surface area contributed by atoms with Gasteiger partial charge in [0.2, 0.25) is 0 Å². The van der Waals surface area contributed by atoms with Crippen molar-refractivity contribution in [2.24, 2.45) is 45.8 Å². The van der Waals surface area contributed by atoms with Gasteiger partial charge in [-0.15, -0.1) is 0 Å². The maximum atomic E-state index is 13.8. The van der Waals surface area contributed by atoms with E-state index in [-0.39, 0.29) is 65.3 Å². The lowest BCUT2D eigenvalue weighted by Gasteiger charge is -2.54. The van der Waals surface area contributed by atoms with Crippen LogP contribution < -0.4 is 0 Å². The summed E-state index contributed by atoms with van der Waals surface area (Å²) in [5, 5.41) is 0. The summed E-state index contributed by atoms with van der Waals surface area (Å²) in [5.41, 5.74) is -0.259. The van der Waals surface area contributed by atoms with Gasteiger partial charge in [-0.05, 0) is 77.0 Å². The molecule has 0 amide bonds. The van der Waals surface area contributed by atoms with Crippen LogP contribution in [0.15, 0.2) is 23.3 Å². The summed E-state index contributed by atoms with van der Waals surface area (Å²) < 4.78 is 12.0. The highest BCUT2D eigenvalue weighted by molar-refractivity contribution is 6.03. The Hall–Kier alpha value is -2.24. The predicted octanol–water partition coefficient (Wildman–Crippen LogP) is 4.75. The molecule has 36 heavy (non-hydrogen) atoms. The highest BCUT2D eigenvalue weighted by atomic mass is 16.6. The molecular formula is C30H38O6. The second-order valence-corrected chi connectivity index (χ2v) is 12.9. The zero-order valence-electron chi connectivity index (χ0n) is 22.1. The van der Waals surface area contributed by atoms with Crippen molar-refractivity contribution in [3.05, 3.63) is 23.3 Å². The van der Waals surface area contributed by atoms with Gasteiger partial charge < -0.3 is 14.3 Å². The van der Waals surface area contributed by atoms with Crippen LogP contribution in [0.3, 0.4) is 0 Å². The Labute approximate surface area is 213 Å². The van der Waals surface area contributed by atoms with Crippen LogP contribution in [0.25, 0.3) is 0 Å². The molecule has 4 fully saturated rings. The molecule has 6 rings (SSSR count). The predicted molar refractivity (Wildman–Crippen MR) is 131 cm³/mol. The van der Waals surface area contributed by atoms with E-state index in [9.17, 15) is 19.2 Å². The minimum Gasteiger partial charge on any atom is -0.462 e. The molecule has 6 nitrogen and oxygen atoms in total. The molecule has 0 N–H and O–H groups in total. The van der Waals surface area contributed by atoms with Gasteiger partial charge in [0.05, 0.1) is 5.41 Å². The highest BCUT2D eigenvalue weighted by Crippen LogP contribution is 2.76. The third-order valence-electron chi connectivity index (χ3n) is 11.5. The average molecular weight is 495 g/mol. The molecule has 2 aliphatic heterocycles. The molecular weight excluding hydrogens is 456 g/mol. The molecule has 10 atom stereocenters. The number of Topliss-reactive ketones (excluding diaryl/α,β-unsaturated/α-hetero) is 2. The van der Waals surface area contributed by atoms with Gasteiger partial charge in [-0.25, -0.2) is 0 Å². The summed E-state index contributed by atoms with van der Waals surface area (Å²) in [4.78, 5) is 52.1. The van der Waals surface area contributed by atoms with E-state index >= 15 is 0 Å². The Morgan fingerprint density at radius 2 is 1.69 bits per heavy atom. The van der Waals surface area contributed by atoms with Gasteiger partial charge in [0.15, 0.2) is 5.78 Å². The summed E-state index contributed by atoms with van der Waals surface area (Å²) in [6.45, 7) is 9.58. The summed E-state index contributed by atoms with van der Waals surface area (Å²) in [6, 6.07) is 0. The van der Waals surface area contributed by atoms with Crippen LogP contribution in [0.4, 0.5) is 0 Å². The smallest absolute Gasteiger partial charge is 0.317 e. The molecule has 2 heterocycles. The first-order valence-electron chi connectivity index (χ1n) is 13.8. The second kappa shape index (κ2) is 7.64. The summed E-state index contributed by atoms with van der Waals surface area (Å²) in [7, 11) is 0. The Kier molecular flexibility index (Phi) is 5.12. The van der Waals surface area contributed by atoms with Crippen molar-refractivity contribution < 1.29 is 28.7 Å². The van der Waals surface area contributed by atoms with Crippen molar-refractivity contribution in [3.8, 4) is 0 Å². The zero-order chi connectivity index (χ0) is 25.8. The van der Waals surface area contributed by atoms with Crippen molar-refractivity contribution in [3.63, 3.8) is 0 Å². The number of fused-ring (bicyclic) bond motifs is 2. The Balaban J connectivity index is 1.46. The van der Waals surface area contributed by atoms with Crippen LogP contribution in [0.2, 0.25) is 0 Å². The fourth-order valence-electron chi connectivity index (χ4n) is 9.84. The number of hydrogen-bond acceptors (Lipinski definition) is 6. The van der Waals surface area contributed by atoms with Crippen molar-refractivity contribution in [1.29, 1.82) is 0 Å². The van der Waals surface area contributed by atoms with Crippen molar-refractivity contribution in [2.75, 3.05) is 0 Å². The van der Waals surface area contributed by atoms with Crippen LogP contribution in [-0.2, 0) is 28.7 Å². The van der Waals surface area contributed by atoms with E-state index in [2.05, 4.69) is 32.9 Å². The van der Waals surface area contributed by atoms with Gasteiger partial charge in [-0.2, -0.15) is 0 Å². The van der Waals surface area contributed by atoms with E-state index in [4.69, 9.17) is 9.47 Å². The molecule has 3 unspecified atom stereocenters. The second-order valence-electron chi connectivity index (χ2n) is 12.9. The van der Waals surface area contributed by atoms with E-state index in [0.717, 1.165) is 19.3 Å². The number of carbonyl (C=O) groups is 4. The van der Waals surface area contributed by atoms with Gasteiger partial charge >= 0.3 is 11.9 Å². The van der Waals surface area contributed by atoms with Crippen LogP contribution in [-0.4, -0.2) is 35.7 Å². The Morgan fingerprint density at radius 3 is 2.39 bits per heavy atom. The van der Waals surface area contributed by atoms with E-state index in [1.54, 1.807) is 13.8 Å². The SMILES string of the molecule is CC(=O)CCC1=CC[C@H]2[C@@H](C[C@@H]1C)OC(=O)[C@@]21C[C@@H]2C[C@@H]3C4CC(C)C2(C=C1C(C)=O)[C@]3(C)C(=O)O4. The van der Waals surface area contributed by atoms with Gasteiger partial charge in [-0.3, -0.25) is 14.4 Å². The van der Waals surface area contributed by atoms with Crippen molar-refractivity contribution in [1.82, 2.24) is 0 Å². The van der Waals surface area contributed by atoms with Crippen LogP contribution in [0.5, 0.6) is 0 Å².